The van der Waals surface area contributed by atoms with Crippen LogP contribution in [0.3, 0.4) is 0 Å². The summed E-state index contributed by atoms with van der Waals surface area (Å²) >= 11 is 0. The molecule has 8 heteroatoms. The first-order chi connectivity index (χ1) is 12.9. The fraction of sp³-hybridized carbons (Fsp3) is 0.550. The van der Waals surface area contributed by atoms with E-state index in [1.807, 2.05) is 13.8 Å². The minimum absolute atomic E-state index is 0.0309. The van der Waals surface area contributed by atoms with Gasteiger partial charge in [-0.3, -0.25) is 4.79 Å². The topological polar surface area (TPSA) is 125 Å². The van der Waals surface area contributed by atoms with Gasteiger partial charge in [0.05, 0.1) is 6.04 Å². The standard InChI is InChI=1S/C20H30N2O6/c1-12(2)11-14(18(25)26)21-17(24)16(23)15(13-9-7-6-8-10-13)22-19(27)28-20(3,4)5/h6-10,12,14-16,23H,11H2,1-5H3,(H,21,24)(H,22,27)(H,25,26)/t14-,15-,16+/m0/s1. The fourth-order valence-corrected chi connectivity index (χ4v) is 2.54. The van der Waals surface area contributed by atoms with Crippen molar-refractivity contribution in [1.29, 1.82) is 0 Å². The number of alkyl carbamates (subject to hydrolysis) is 1. The number of aliphatic hydroxyl groups is 1. The average Bonchev–Trinajstić information content (AvgIpc) is 2.57. The lowest BCUT2D eigenvalue weighted by Crippen LogP contribution is -2.50. The zero-order chi connectivity index (χ0) is 21.5. The number of nitrogens with one attached hydrogen (secondary N) is 2. The van der Waals surface area contributed by atoms with Crippen molar-refractivity contribution in [2.45, 2.75) is 64.8 Å². The second kappa shape index (κ2) is 10.1. The number of rotatable bonds is 8. The van der Waals surface area contributed by atoms with Crippen molar-refractivity contribution in [2.24, 2.45) is 5.92 Å². The van der Waals surface area contributed by atoms with Gasteiger partial charge < -0.3 is 25.6 Å². The van der Waals surface area contributed by atoms with E-state index in [1.54, 1.807) is 51.1 Å². The highest BCUT2D eigenvalue weighted by atomic mass is 16.6. The minimum Gasteiger partial charge on any atom is -0.480 e. The molecule has 0 heterocycles. The number of hydrogen-bond acceptors (Lipinski definition) is 5. The maximum atomic E-state index is 12.5. The predicted molar refractivity (Wildman–Crippen MR) is 104 cm³/mol. The van der Waals surface area contributed by atoms with E-state index in [-0.39, 0.29) is 12.3 Å². The van der Waals surface area contributed by atoms with Gasteiger partial charge >= 0.3 is 12.1 Å². The Hall–Kier alpha value is -2.61. The summed E-state index contributed by atoms with van der Waals surface area (Å²) in [7, 11) is 0. The number of amides is 2. The molecule has 8 nitrogen and oxygen atoms in total. The number of ether oxygens (including phenoxy) is 1. The third-order valence-corrected chi connectivity index (χ3v) is 3.74. The molecular weight excluding hydrogens is 364 g/mol. The molecule has 0 saturated heterocycles. The van der Waals surface area contributed by atoms with Gasteiger partial charge in [-0.1, -0.05) is 44.2 Å². The van der Waals surface area contributed by atoms with E-state index in [2.05, 4.69) is 10.6 Å². The van der Waals surface area contributed by atoms with Crippen LogP contribution >= 0.6 is 0 Å². The monoisotopic (exact) mass is 394 g/mol. The van der Waals surface area contributed by atoms with Crippen LogP contribution in [0, 0.1) is 5.92 Å². The zero-order valence-electron chi connectivity index (χ0n) is 16.9. The zero-order valence-corrected chi connectivity index (χ0v) is 16.9. The van der Waals surface area contributed by atoms with Crippen LogP contribution in [0.4, 0.5) is 4.79 Å². The van der Waals surface area contributed by atoms with Gasteiger partial charge in [-0.15, -0.1) is 0 Å². The minimum atomic E-state index is -1.70. The molecule has 1 aromatic rings. The number of hydrogen-bond donors (Lipinski definition) is 4. The predicted octanol–water partition coefficient (Wildman–Crippen LogP) is 2.23. The molecule has 4 N–H and O–H groups in total. The molecule has 1 rings (SSSR count). The van der Waals surface area contributed by atoms with E-state index in [4.69, 9.17) is 4.74 Å². The van der Waals surface area contributed by atoms with Crippen LogP contribution in [0.15, 0.2) is 30.3 Å². The maximum Gasteiger partial charge on any atom is 0.408 e. The Balaban J connectivity index is 3.00. The molecule has 0 aliphatic carbocycles. The highest BCUT2D eigenvalue weighted by Crippen LogP contribution is 2.19. The molecule has 0 aromatic heterocycles. The number of aliphatic carboxylic acids is 1. The van der Waals surface area contributed by atoms with Gasteiger partial charge in [0.2, 0.25) is 0 Å². The number of carboxylic acid groups (broad SMARTS) is 1. The molecule has 3 atom stereocenters. The molecular formula is C20H30N2O6. The van der Waals surface area contributed by atoms with Gasteiger partial charge in [0, 0.05) is 0 Å². The third-order valence-electron chi connectivity index (χ3n) is 3.74. The summed E-state index contributed by atoms with van der Waals surface area (Å²) in [4.78, 5) is 36.1. The summed E-state index contributed by atoms with van der Waals surface area (Å²) in [6, 6.07) is 6.18. The molecule has 0 fully saturated rings. The molecule has 156 valence electrons. The number of carbonyl (C=O) groups is 3. The van der Waals surface area contributed by atoms with Crippen molar-refractivity contribution in [3.05, 3.63) is 35.9 Å². The molecule has 2 amide bonds. The molecule has 28 heavy (non-hydrogen) atoms. The Labute approximate surface area is 165 Å². The van der Waals surface area contributed by atoms with Gasteiger partial charge in [-0.2, -0.15) is 0 Å². The van der Waals surface area contributed by atoms with Crippen LogP contribution < -0.4 is 10.6 Å². The molecule has 0 radical (unpaired) electrons. The van der Waals surface area contributed by atoms with Crippen LogP contribution in [0.5, 0.6) is 0 Å². The van der Waals surface area contributed by atoms with E-state index in [0.717, 1.165) is 0 Å². The molecule has 0 spiro atoms. The van der Waals surface area contributed by atoms with Crippen LogP contribution in [0.2, 0.25) is 0 Å². The highest BCUT2D eigenvalue weighted by Gasteiger charge is 2.33. The van der Waals surface area contributed by atoms with Crippen molar-refractivity contribution in [1.82, 2.24) is 10.6 Å². The van der Waals surface area contributed by atoms with Crippen molar-refractivity contribution in [3.63, 3.8) is 0 Å². The van der Waals surface area contributed by atoms with E-state index in [0.29, 0.717) is 5.56 Å². The van der Waals surface area contributed by atoms with Crippen LogP contribution in [-0.2, 0) is 14.3 Å². The summed E-state index contributed by atoms with van der Waals surface area (Å²) in [5, 5.41) is 24.7. The SMILES string of the molecule is CC(C)C[C@H](NC(=O)[C@H](O)[C@@H](NC(=O)OC(C)(C)C)c1ccccc1)C(=O)O. The molecule has 0 aliphatic heterocycles. The van der Waals surface area contributed by atoms with Gasteiger partial charge in [0.15, 0.2) is 6.10 Å². The first-order valence-corrected chi connectivity index (χ1v) is 9.16. The molecule has 1 aromatic carbocycles. The lowest BCUT2D eigenvalue weighted by molar-refractivity contribution is -0.144. The van der Waals surface area contributed by atoms with E-state index < -0.39 is 41.8 Å². The van der Waals surface area contributed by atoms with Gasteiger partial charge in [-0.25, -0.2) is 9.59 Å². The van der Waals surface area contributed by atoms with Crippen molar-refractivity contribution in [3.8, 4) is 0 Å². The first kappa shape index (κ1) is 23.4. The summed E-state index contributed by atoms with van der Waals surface area (Å²) in [6.07, 6.45) is -2.29. The highest BCUT2D eigenvalue weighted by molar-refractivity contribution is 5.87. The number of aliphatic hydroxyl groups excluding tert-OH is 1. The van der Waals surface area contributed by atoms with E-state index in [9.17, 15) is 24.6 Å². The average molecular weight is 394 g/mol. The fourth-order valence-electron chi connectivity index (χ4n) is 2.54. The van der Waals surface area contributed by atoms with Crippen LogP contribution in [0.25, 0.3) is 0 Å². The Morgan fingerprint density at radius 1 is 1.07 bits per heavy atom. The number of carboxylic acids is 1. The van der Waals surface area contributed by atoms with Gasteiger partial charge in [-0.05, 0) is 38.7 Å². The normalized spacial score (nSPS) is 14.7. The van der Waals surface area contributed by atoms with E-state index in [1.165, 1.54) is 0 Å². The first-order valence-electron chi connectivity index (χ1n) is 9.16. The van der Waals surface area contributed by atoms with Crippen molar-refractivity contribution < 1.29 is 29.3 Å². The second-order valence-corrected chi connectivity index (χ2v) is 8.01. The molecule has 0 aliphatic rings. The molecule has 0 unspecified atom stereocenters. The van der Waals surface area contributed by atoms with Crippen LogP contribution in [0.1, 0.15) is 52.6 Å². The second-order valence-electron chi connectivity index (χ2n) is 8.01. The van der Waals surface area contributed by atoms with Gasteiger partial charge in [0.25, 0.3) is 5.91 Å². The lowest BCUT2D eigenvalue weighted by atomic mass is 9.99. The summed E-state index contributed by atoms with van der Waals surface area (Å²) < 4.78 is 5.20. The smallest absolute Gasteiger partial charge is 0.408 e. The summed E-state index contributed by atoms with van der Waals surface area (Å²) in [5.74, 6) is -2.05. The Morgan fingerprint density at radius 3 is 2.11 bits per heavy atom. The van der Waals surface area contributed by atoms with Crippen molar-refractivity contribution >= 4 is 18.0 Å². The van der Waals surface area contributed by atoms with Gasteiger partial charge in [0.1, 0.15) is 11.6 Å². The van der Waals surface area contributed by atoms with Crippen LogP contribution in [-0.4, -0.2) is 45.9 Å². The Morgan fingerprint density at radius 2 is 1.64 bits per heavy atom. The molecule has 0 saturated carbocycles. The Bertz CT molecular complexity index is 669. The maximum absolute atomic E-state index is 12.5. The summed E-state index contributed by atoms with van der Waals surface area (Å²) in [5.41, 5.74) is -0.281. The lowest BCUT2D eigenvalue weighted by Gasteiger charge is -2.27. The number of carbonyl (C=O) groups excluding carboxylic acids is 2. The Kier molecular flexibility index (Phi) is 8.43. The summed E-state index contributed by atoms with van der Waals surface area (Å²) in [6.45, 7) is 8.73. The van der Waals surface area contributed by atoms with Crippen molar-refractivity contribution in [2.75, 3.05) is 0 Å². The number of benzene rings is 1. The van der Waals surface area contributed by atoms with E-state index >= 15 is 0 Å². The molecule has 0 bridgehead atoms. The third kappa shape index (κ3) is 7.96. The largest absolute Gasteiger partial charge is 0.480 e. The quantitative estimate of drug-likeness (QED) is 0.536.